The van der Waals surface area contributed by atoms with Crippen LogP contribution in [0.25, 0.3) is 0 Å². The van der Waals surface area contributed by atoms with Crippen LogP contribution in [0.4, 0.5) is 0 Å². The van der Waals surface area contributed by atoms with E-state index < -0.39 is 10.0 Å². The first-order chi connectivity index (χ1) is 9.49. The smallest absolute Gasteiger partial charge is 0.240 e. The van der Waals surface area contributed by atoms with Gasteiger partial charge in [0.15, 0.2) is 0 Å². The van der Waals surface area contributed by atoms with E-state index in [0.717, 1.165) is 37.4 Å². The highest BCUT2D eigenvalue weighted by atomic mass is 35.5. The van der Waals surface area contributed by atoms with Crippen LogP contribution < -0.4 is 17.1 Å². The molecule has 1 heterocycles. The molecule has 0 radical (unpaired) electrons. The highest BCUT2D eigenvalue weighted by molar-refractivity contribution is 7.89. The Morgan fingerprint density at radius 3 is 2.57 bits per heavy atom. The molecule has 21 heavy (non-hydrogen) atoms. The highest BCUT2D eigenvalue weighted by Gasteiger charge is 2.17. The first-order valence-electron chi connectivity index (χ1n) is 6.86. The molecule has 0 aromatic heterocycles. The maximum Gasteiger partial charge on any atom is 0.240 e. The maximum absolute atomic E-state index is 12.3. The first-order valence-corrected chi connectivity index (χ1v) is 8.34. The molecule has 1 aromatic rings. The van der Waals surface area contributed by atoms with Gasteiger partial charge in [-0.15, -0.1) is 0 Å². The third-order valence-electron chi connectivity index (χ3n) is 3.46. The third-order valence-corrected chi connectivity index (χ3v) is 5.06. The fourth-order valence-corrected chi connectivity index (χ4v) is 3.59. The summed E-state index contributed by atoms with van der Waals surface area (Å²) < 4.78 is 32.5. The Morgan fingerprint density at radius 1 is 1.24 bits per heavy atom. The van der Waals surface area contributed by atoms with E-state index in [4.69, 9.17) is 4.74 Å². The summed E-state index contributed by atoms with van der Waals surface area (Å²) in [6.45, 7) is 8.04. The minimum absolute atomic E-state index is 0. The number of hydrogen-bond acceptors (Lipinski definition) is 4. The van der Waals surface area contributed by atoms with Crippen molar-refractivity contribution in [3.05, 3.63) is 29.3 Å². The monoisotopic (exact) mass is 333 g/mol. The SMILES string of the molecule is Cc1ccc(C)c(S(=O)(=O)NCCN2CCOCC2)c1.[Cl-]. The van der Waals surface area contributed by atoms with E-state index in [-0.39, 0.29) is 12.4 Å². The Bertz CT molecular complexity index is 557. The zero-order chi connectivity index (χ0) is 14.6. The van der Waals surface area contributed by atoms with Crippen LogP contribution in [-0.4, -0.2) is 52.7 Å². The summed E-state index contributed by atoms with van der Waals surface area (Å²) in [5.74, 6) is 0. The molecule has 0 aliphatic carbocycles. The van der Waals surface area contributed by atoms with Crippen LogP contribution in [0.15, 0.2) is 23.1 Å². The van der Waals surface area contributed by atoms with Crippen molar-refractivity contribution in [1.82, 2.24) is 9.62 Å². The molecule has 1 aliphatic heterocycles. The molecule has 1 N–H and O–H groups in total. The number of morpholine rings is 1. The van der Waals surface area contributed by atoms with Gasteiger partial charge >= 0.3 is 0 Å². The van der Waals surface area contributed by atoms with Crippen molar-refractivity contribution < 1.29 is 25.6 Å². The second-order valence-corrected chi connectivity index (χ2v) is 6.86. The number of ether oxygens (including phenoxy) is 1. The lowest BCUT2D eigenvalue weighted by molar-refractivity contribution is -0.00000864. The Balaban J connectivity index is 0.00000220. The standard InChI is InChI=1S/C14H22N2O3S.ClH/c1-12-3-4-13(2)14(11-12)20(17,18)15-5-6-16-7-9-19-10-8-16;/h3-4,11,15H,5-10H2,1-2H3;1H/p-1. The molecule has 0 bridgehead atoms. The van der Waals surface area contributed by atoms with Crippen LogP contribution in [0.1, 0.15) is 11.1 Å². The number of aryl methyl sites for hydroxylation is 2. The zero-order valence-electron chi connectivity index (χ0n) is 12.4. The summed E-state index contributed by atoms with van der Waals surface area (Å²) in [5, 5.41) is 0. The summed E-state index contributed by atoms with van der Waals surface area (Å²) in [7, 11) is -3.42. The van der Waals surface area contributed by atoms with Crippen molar-refractivity contribution in [1.29, 1.82) is 0 Å². The van der Waals surface area contributed by atoms with Gasteiger partial charge in [0.1, 0.15) is 0 Å². The number of benzene rings is 1. The number of nitrogens with zero attached hydrogens (tertiary/aromatic N) is 1. The van der Waals surface area contributed by atoms with Crippen LogP contribution >= 0.6 is 0 Å². The molecule has 0 amide bonds. The molecule has 7 heteroatoms. The lowest BCUT2D eigenvalue weighted by atomic mass is 10.2. The molecule has 120 valence electrons. The van der Waals surface area contributed by atoms with Gasteiger partial charge in [0.05, 0.1) is 18.1 Å². The number of hydrogen-bond donors (Lipinski definition) is 1. The van der Waals surface area contributed by atoms with Gasteiger partial charge in [-0.25, -0.2) is 13.1 Å². The van der Waals surface area contributed by atoms with Crippen molar-refractivity contribution in [2.24, 2.45) is 0 Å². The zero-order valence-corrected chi connectivity index (χ0v) is 14.0. The summed E-state index contributed by atoms with van der Waals surface area (Å²) in [6, 6.07) is 5.47. The van der Waals surface area contributed by atoms with E-state index >= 15 is 0 Å². The fraction of sp³-hybridized carbons (Fsp3) is 0.571. The van der Waals surface area contributed by atoms with Gasteiger partial charge in [0.2, 0.25) is 10.0 Å². The fourth-order valence-electron chi connectivity index (χ4n) is 2.24. The summed E-state index contributed by atoms with van der Waals surface area (Å²) in [4.78, 5) is 2.58. The second kappa shape index (κ2) is 8.10. The molecule has 0 atom stereocenters. The van der Waals surface area contributed by atoms with Crippen molar-refractivity contribution in [2.45, 2.75) is 18.7 Å². The van der Waals surface area contributed by atoms with Crippen molar-refractivity contribution >= 4 is 10.0 Å². The van der Waals surface area contributed by atoms with Crippen LogP contribution in [0.2, 0.25) is 0 Å². The minimum atomic E-state index is -3.42. The van der Waals surface area contributed by atoms with Gasteiger partial charge in [0, 0.05) is 26.2 Å². The lowest BCUT2D eigenvalue weighted by Gasteiger charge is -2.26. The van der Waals surface area contributed by atoms with E-state index in [2.05, 4.69) is 9.62 Å². The normalized spacial score (nSPS) is 16.5. The molecule has 1 aromatic carbocycles. The Kier molecular flexibility index (Phi) is 7.09. The molecule has 5 nitrogen and oxygen atoms in total. The molecule has 1 aliphatic rings. The second-order valence-electron chi connectivity index (χ2n) is 5.12. The average molecular weight is 334 g/mol. The maximum atomic E-state index is 12.3. The molecule has 0 unspecified atom stereocenters. The van der Waals surface area contributed by atoms with Gasteiger partial charge in [-0.1, -0.05) is 12.1 Å². The summed E-state index contributed by atoms with van der Waals surface area (Å²) >= 11 is 0. The Hall–Kier alpha value is -0.660. The third kappa shape index (κ3) is 5.23. The highest BCUT2D eigenvalue weighted by Crippen LogP contribution is 2.16. The largest absolute Gasteiger partial charge is 1.00 e. The van der Waals surface area contributed by atoms with E-state index in [1.807, 2.05) is 26.0 Å². The van der Waals surface area contributed by atoms with Crippen LogP contribution in [0, 0.1) is 13.8 Å². The van der Waals surface area contributed by atoms with Crippen molar-refractivity contribution in [2.75, 3.05) is 39.4 Å². The van der Waals surface area contributed by atoms with Gasteiger partial charge in [-0.2, -0.15) is 0 Å². The first kappa shape index (κ1) is 18.4. The van der Waals surface area contributed by atoms with Crippen LogP contribution in [0.5, 0.6) is 0 Å². The number of rotatable bonds is 5. The molecular formula is C14H22ClN2O3S-. The lowest BCUT2D eigenvalue weighted by Crippen LogP contribution is -3.00. The van der Waals surface area contributed by atoms with Crippen molar-refractivity contribution in [3.63, 3.8) is 0 Å². The Morgan fingerprint density at radius 2 is 1.90 bits per heavy atom. The summed E-state index contributed by atoms with van der Waals surface area (Å²) in [6.07, 6.45) is 0. The number of halogens is 1. The topological polar surface area (TPSA) is 58.6 Å². The predicted octanol–water partition coefficient (Wildman–Crippen LogP) is -2.08. The number of nitrogens with one attached hydrogen (secondary N) is 1. The molecule has 0 spiro atoms. The molecular weight excluding hydrogens is 312 g/mol. The van der Waals surface area contributed by atoms with Gasteiger partial charge in [-0.3, -0.25) is 4.90 Å². The minimum Gasteiger partial charge on any atom is -1.00 e. The Labute approximate surface area is 133 Å². The molecule has 2 rings (SSSR count). The van der Waals surface area contributed by atoms with Gasteiger partial charge in [-0.05, 0) is 31.0 Å². The van der Waals surface area contributed by atoms with Crippen molar-refractivity contribution in [3.8, 4) is 0 Å². The predicted molar refractivity (Wildman–Crippen MR) is 78.4 cm³/mol. The van der Waals surface area contributed by atoms with E-state index in [9.17, 15) is 8.42 Å². The molecule has 1 fully saturated rings. The molecule has 0 saturated carbocycles. The average Bonchev–Trinajstić information content (AvgIpc) is 2.42. The van der Waals surface area contributed by atoms with Gasteiger partial charge in [0.25, 0.3) is 0 Å². The molecule has 1 saturated heterocycles. The summed E-state index contributed by atoms with van der Waals surface area (Å²) in [5.41, 5.74) is 1.72. The number of sulfonamides is 1. The van der Waals surface area contributed by atoms with Crippen LogP contribution in [-0.2, 0) is 14.8 Å². The van der Waals surface area contributed by atoms with E-state index in [1.165, 1.54) is 0 Å². The van der Waals surface area contributed by atoms with E-state index in [1.54, 1.807) is 6.07 Å². The van der Waals surface area contributed by atoms with Crippen LogP contribution in [0.3, 0.4) is 0 Å². The quantitative estimate of drug-likeness (QED) is 0.672. The van der Waals surface area contributed by atoms with E-state index in [0.29, 0.717) is 18.0 Å². The van der Waals surface area contributed by atoms with Gasteiger partial charge < -0.3 is 17.1 Å².